The molecule has 5 N–H and O–H groups in total. The van der Waals surface area contributed by atoms with Gasteiger partial charge >= 0.3 is 0 Å². The monoisotopic (exact) mass is 197 g/mol. The molecule has 14 heavy (non-hydrogen) atoms. The van der Waals surface area contributed by atoms with Crippen molar-refractivity contribution in [1.29, 1.82) is 0 Å². The second-order valence-electron chi connectivity index (χ2n) is 3.36. The van der Waals surface area contributed by atoms with Crippen LogP contribution in [0.3, 0.4) is 0 Å². The van der Waals surface area contributed by atoms with Gasteiger partial charge in [-0.25, -0.2) is 0 Å². The molecule has 0 amide bonds. The largest absolute Gasteiger partial charge is 0.504 e. The molecule has 0 saturated heterocycles. The molecule has 1 aromatic rings. The molecule has 0 spiro atoms. The van der Waals surface area contributed by atoms with E-state index in [9.17, 15) is 10.2 Å². The number of hydrogen-bond donors (Lipinski definition) is 4. The van der Waals surface area contributed by atoms with Crippen molar-refractivity contribution in [3.63, 3.8) is 0 Å². The third-order valence-corrected chi connectivity index (χ3v) is 2.15. The van der Waals surface area contributed by atoms with Crippen LogP contribution in [0.1, 0.15) is 18.9 Å². The first kappa shape index (κ1) is 10.7. The van der Waals surface area contributed by atoms with Crippen LogP contribution < -0.4 is 5.73 Å². The number of benzene rings is 1. The second-order valence-corrected chi connectivity index (χ2v) is 3.36. The summed E-state index contributed by atoms with van der Waals surface area (Å²) in [4.78, 5) is 0. The molecule has 1 rings (SSSR count). The van der Waals surface area contributed by atoms with Crippen LogP contribution in [0.15, 0.2) is 12.1 Å². The number of aromatic hydroxyl groups is 3. The van der Waals surface area contributed by atoms with Gasteiger partial charge < -0.3 is 21.1 Å². The smallest absolute Gasteiger partial charge is 0.200 e. The van der Waals surface area contributed by atoms with Crippen LogP contribution in [0.25, 0.3) is 0 Å². The molecule has 4 nitrogen and oxygen atoms in total. The Morgan fingerprint density at radius 3 is 2.14 bits per heavy atom. The molecule has 0 bridgehead atoms. The van der Waals surface area contributed by atoms with E-state index in [0.29, 0.717) is 12.0 Å². The van der Waals surface area contributed by atoms with Crippen molar-refractivity contribution in [3.05, 3.63) is 17.7 Å². The minimum Gasteiger partial charge on any atom is -0.504 e. The molecule has 1 unspecified atom stereocenters. The minimum atomic E-state index is -0.487. The van der Waals surface area contributed by atoms with Gasteiger partial charge in [-0.15, -0.1) is 0 Å². The molecular weight excluding hydrogens is 182 g/mol. The molecule has 0 aromatic heterocycles. The van der Waals surface area contributed by atoms with Gasteiger partial charge in [0.05, 0.1) is 0 Å². The minimum absolute atomic E-state index is 0.00153. The molecule has 0 aliphatic carbocycles. The lowest BCUT2D eigenvalue weighted by Gasteiger charge is -2.10. The molecule has 0 saturated carbocycles. The standard InChI is InChI=1S/C10H15NO3/c1-2-7(11)3-6-4-8(12)10(14)9(13)5-6/h4-5,7,12-14H,2-3,11H2,1H3. The van der Waals surface area contributed by atoms with Crippen molar-refractivity contribution in [3.8, 4) is 17.2 Å². The summed E-state index contributed by atoms with van der Waals surface area (Å²) in [6, 6.07) is 2.81. The van der Waals surface area contributed by atoms with Gasteiger partial charge in [0.1, 0.15) is 0 Å². The second kappa shape index (κ2) is 4.19. The number of rotatable bonds is 3. The summed E-state index contributed by atoms with van der Waals surface area (Å²) in [5.74, 6) is -1.12. The van der Waals surface area contributed by atoms with Crippen molar-refractivity contribution < 1.29 is 15.3 Å². The van der Waals surface area contributed by atoms with E-state index < -0.39 is 5.75 Å². The van der Waals surface area contributed by atoms with Crippen molar-refractivity contribution >= 4 is 0 Å². The van der Waals surface area contributed by atoms with Gasteiger partial charge in [0.25, 0.3) is 0 Å². The van der Waals surface area contributed by atoms with Crippen LogP contribution in [-0.2, 0) is 6.42 Å². The maximum absolute atomic E-state index is 9.22. The Morgan fingerprint density at radius 1 is 1.21 bits per heavy atom. The Balaban J connectivity index is 2.89. The number of phenols is 3. The van der Waals surface area contributed by atoms with E-state index in [2.05, 4.69) is 0 Å². The Kier molecular flexibility index (Phi) is 3.19. The lowest BCUT2D eigenvalue weighted by molar-refractivity contribution is 0.367. The van der Waals surface area contributed by atoms with E-state index in [1.807, 2.05) is 6.92 Å². The van der Waals surface area contributed by atoms with E-state index >= 15 is 0 Å². The summed E-state index contributed by atoms with van der Waals surface area (Å²) in [5, 5.41) is 27.5. The van der Waals surface area contributed by atoms with Crippen molar-refractivity contribution in [1.82, 2.24) is 0 Å². The Morgan fingerprint density at radius 2 is 1.71 bits per heavy atom. The Hall–Kier alpha value is -1.42. The summed E-state index contributed by atoms with van der Waals surface area (Å²) < 4.78 is 0. The predicted molar refractivity (Wildman–Crippen MR) is 53.4 cm³/mol. The maximum atomic E-state index is 9.22. The Labute approximate surface area is 82.6 Å². The lowest BCUT2D eigenvalue weighted by Crippen LogP contribution is -2.21. The van der Waals surface area contributed by atoms with E-state index in [1.54, 1.807) is 0 Å². The van der Waals surface area contributed by atoms with Crippen LogP contribution >= 0.6 is 0 Å². The van der Waals surface area contributed by atoms with Crippen LogP contribution in [0.4, 0.5) is 0 Å². The zero-order valence-electron chi connectivity index (χ0n) is 8.07. The number of hydrogen-bond acceptors (Lipinski definition) is 4. The average molecular weight is 197 g/mol. The fourth-order valence-corrected chi connectivity index (χ4v) is 1.23. The van der Waals surface area contributed by atoms with E-state index in [-0.39, 0.29) is 17.5 Å². The van der Waals surface area contributed by atoms with Crippen molar-refractivity contribution in [2.45, 2.75) is 25.8 Å². The van der Waals surface area contributed by atoms with E-state index in [4.69, 9.17) is 10.8 Å². The Bertz CT molecular complexity index is 302. The molecule has 0 aliphatic rings. The highest BCUT2D eigenvalue weighted by atomic mass is 16.3. The number of nitrogens with two attached hydrogens (primary N) is 1. The highest BCUT2D eigenvalue weighted by molar-refractivity contribution is 5.51. The van der Waals surface area contributed by atoms with Gasteiger partial charge in [0.2, 0.25) is 0 Å². The first-order valence-corrected chi connectivity index (χ1v) is 4.54. The molecule has 4 heteroatoms. The first-order valence-electron chi connectivity index (χ1n) is 4.54. The van der Waals surface area contributed by atoms with Gasteiger partial charge in [-0.05, 0) is 30.5 Å². The van der Waals surface area contributed by atoms with Crippen LogP contribution in [0.5, 0.6) is 17.2 Å². The summed E-state index contributed by atoms with van der Waals surface area (Å²) in [7, 11) is 0. The molecule has 0 aliphatic heterocycles. The van der Waals surface area contributed by atoms with Gasteiger partial charge in [-0.3, -0.25) is 0 Å². The zero-order valence-corrected chi connectivity index (χ0v) is 8.07. The first-order chi connectivity index (χ1) is 6.54. The molecular formula is C10H15NO3. The average Bonchev–Trinajstić information content (AvgIpc) is 2.14. The third kappa shape index (κ3) is 2.29. The van der Waals surface area contributed by atoms with Crippen molar-refractivity contribution in [2.24, 2.45) is 5.73 Å². The normalized spacial score (nSPS) is 12.7. The highest BCUT2D eigenvalue weighted by Gasteiger charge is 2.09. The van der Waals surface area contributed by atoms with E-state index in [1.165, 1.54) is 12.1 Å². The highest BCUT2D eigenvalue weighted by Crippen LogP contribution is 2.35. The van der Waals surface area contributed by atoms with Crippen LogP contribution in [-0.4, -0.2) is 21.4 Å². The maximum Gasteiger partial charge on any atom is 0.200 e. The SMILES string of the molecule is CCC(N)Cc1cc(O)c(O)c(O)c1. The number of phenolic OH excluding ortho intramolecular Hbond substituents is 3. The van der Waals surface area contributed by atoms with Crippen LogP contribution in [0, 0.1) is 0 Å². The van der Waals surface area contributed by atoms with E-state index in [0.717, 1.165) is 6.42 Å². The summed E-state index contributed by atoms with van der Waals surface area (Å²) in [5.41, 5.74) is 6.43. The molecule has 1 atom stereocenters. The lowest BCUT2D eigenvalue weighted by atomic mass is 10.0. The third-order valence-electron chi connectivity index (χ3n) is 2.15. The molecule has 0 fully saturated rings. The predicted octanol–water partition coefficient (Wildman–Crippen LogP) is 1.08. The van der Waals surface area contributed by atoms with Gasteiger partial charge in [-0.1, -0.05) is 6.92 Å². The van der Waals surface area contributed by atoms with Gasteiger partial charge in [0, 0.05) is 6.04 Å². The molecule has 78 valence electrons. The van der Waals surface area contributed by atoms with Crippen molar-refractivity contribution in [2.75, 3.05) is 0 Å². The molecule has 0 heterocycles. The summed E-state index contributed by atoms with van der Waals surface area (Å²) in [6.45, 7) is 1.96. The summed E-state index contributed by atoms with van der Waals surface area (Å²) >= 11 is 0. The summed E-state index contributed by atoms with van der Waals surface area (Å²) in [6.07, 6.45) is 1.39. The fraction of sp³-hybridized carbons (Fsp3) is 0.400. The molecule has 0 radical (unpaired) electrons. The fourth-order valence-electron chi connectivity index (χ4n) is 1.23. The zero-order chi connectivity index (χ0) is 10.7. The topological polar surface area (TPSA) is 86.7 Å². The molecule has 1 aromatic carbocycles. The quantitative estimate of drug-likeness (QED) is 0.546. The van der Waals surface area contributed by atoms with Gasteiger partial charge in [-0.2, -0.15) is 0 Å². The van der Waals surface area contributed by atoms with Gasteiger partial charge in [0.15, 0.2) is 17.2 Å². The van der Waals surface area contributed by atoms with Crippen LogP contribution in [0.2, 0.25) is 0 Å².